The van der Waals surface area contributed by atoms with Gasteiger partial charge in [-0.15, -0.1) is 0 Å². The van der Waals surface area contributed by atoms with Gasteiger partial charge in [-0.05, 0) is 36.8 Å². The molecule has 1 heterocycles. The minimum Gasteiger partial charge on any atom is -0.312 e. The average molecular weight is 229 g/mol. The maximum atomic E-state index is 12.7. The molecule has 0 N–H and O–H groups in total. The lowest BCUT2D eigenvalue weighted by molar-refractivity contribution is -0.133. The van der Waals surface area contributed by atoms with Gasteiger partial charge >= 0.3 is 0 Å². The first-order valence-electron chi connectivity index (χ1n) is 6.55. The van der Waals surface area contributed by atoms with Gasteiger partial charge in [0, 0.05) is 12.2 Å². The molecule has 2 aliphatic rings. The summed E-state index contributed by atoms with van der Waals surface area (Å²) >= 11 is 0. The van der Waals surface area contributed by atoms with Crippen molar-refractivity contribution in [1.82, 2.24) is 0 Å². The fraction of sp³-hybridized carbons (Fsp3) is 0.533. The first-order valence-corrected chi connectivity index (χ1v) is 6.55. The normalized spacial score (nSPS) is 35.0. The van der Waals surface area contributed by atoms with Crippen LogP contribution in [-0.2, 0) is 10.2 Å². The third kappa shape index (κ3) is 1.04. The molecule has 17 heavy (non-hydrogen) atoms. The van der Waals surface area contributed by atoms with E-state index in [0.29, 0.717) is 17.7 Å². The molecule has 0 bridgehead atoms. The largest absolute Gasteiger partial charge is 0.312 e. The summed E-state index contributed by atoms with van der Waals surface area (Å²) in [6, 6.07) is 8.32. The van der Waals surface area contributed by atoms with Crippen LogP contribution in [0, 0.1) is 11.8 Å². The smallest absolute Gasteiger partial charge is 0.238 e. The topological polar surface area (TPSA) is 20.3 Å². The van der Waals surface area contributed by atoms with Gasteiger partial charge in [-0.1, -0.05) is 32.0 Å². The number of rotatable bonds is 1. The van der Waals surface area contributed by atoms with Gasteiger partial charge in [-0.25, -0.2) is 0 Å². The van der Waals surface area contributed by atoms with Gasteiger partial charge in [0.25, 0.3) is 0 Å². The van der Waals surface area contributed by atoms with Crippen molar-refractivity contribution in [2.45, 2.75) is 32.6 Å². The van der Waals surface area contributed by atoms with E-state index < -0.39 is 0 Å². The molecule has 1 aromatic rings. The zero-order chi connectivity index (χ0) is 12.2. The van der Waals surface area contributed by atoms with E-state index in [-0.39, 0.29) is 5.41 Å². The SMILES string of the molecule is CCN1C(=O)C2(c3ccccc31)C(C)C[C@H]2C. The molecule has 1 aliphatic carbocycles. The predicted molar refractivity (Wildman–Crippen MR) is 69.1 cm³/mol. The van der Waals surface area contributed by atoms with E-state index in [0.717, 1.165) is 18.7 Å². The Labute approximate surface area is 103 Å². The van der Waals surface area contributed by atoms with Crippen molar-refractivity contribution in [3.8, 4) is 0 Å². The number of likely N-dealkylation sites (N-methyl/N-ethyl adjacent to an activating group) is 1. The summed E-state index contributed by atoms with van der Waals surface area (Å²) in [6.07, 6.45) is 1.16. The number of para-hydroxylation sites is 1. The molecule has 3 atom stereocenters. The number of carbonyl (C=O) groups excluding carboxylic acids is 1. The van der Waals surface area contributed by atoms with Gasteiger partial charge in [0.2, 0.25) is 5.91 Å². The molecule has 2 nitrogen and oxygen atoms in total. The summed E-state index contributed by atoms with van der Waals surface area (Å²) in [4.78, 5) is 14.7. The standard InChI is InChI=1S/C15H19NO/c1-4-16-13-8-6-5-7-12(13)15(14(16)17)10(2)9-11(15)3/h5-8,10-11H,4,9H2,1-3H3/t10-,11?,15?/m1/s1. The van der Waals surface area contributed by atoms with Gasteiger partial charge in [0.1, 0.15) is 0 Å². The second kappa shape index (κ2) is 3.34. The summed E-state index contributed by atoms with van der Waals surface area (Å²) in [6.45, 7) is 7.26. The van der Waals surface area contributed by atoms with E-state index in [2.05, 4.69) is 39.0 Å². The second-order valence-corrected chi connectivity index (χ2v) is 5.47. The number of carbonyl (C=O) groups is 1. The van der Waals surface area contributed by atoms with Crippen molar-refractivity contribution in [3.05, 3.63) is 29.8 Å². The highest BCUT2D eigenvalue weighted by Gasteiger charge is 2.62. The third-order valence-electron chi connectivity index (χ3n) is 4.82. The van der Waals surface area contributed by atoms with Crippen LogP contribution >= 0.6 is 0 Å². The Bertz CT molecular complexity index is 472. The van der Waals surface area contributed by atoms with Crippen LogP contribution in [0.1, 0.15) is 32.8 Å². The third-order valence-corrected chi connectivity index (χ3v) is 4.82. The fourth-order valence-electron chi connectivity index (χ4n) is 4.00. The molecule has 90 valence electrons. The number of hydrogen-bond acceptors (Lipinski definition) is 1. The molecular weight excluding hydrogens is 210 g/mol. The van der Waals surface area contributed by atoms with Crippen LogP contribution in [0.15, 0.2) is 24.3 Å². The van der Waals surface area contributed by atoms with Crippen LogP contribution in [0.2, 0.25) is 0 Å². The van der Waals surface area contributed by atoms with Crippen molar-refractivity contribution < 1.29 is 4.79 Å². The highest BCUT2D eigenvalue weighted by Crippen LogP contribution is 2.59. The minimum absolute atomic E-state index is 0.216. The molecule has 2 heteroatoms. The molecule has 3 rings (SSSR count). The molecule has 1 aromatic carbocycles. The Kier molecular flexibility index (Phi) is 2.13. The number of hydrogen-bond donors (Lipinski definition) is 0. The van der Waals surface area contributed by atoms with Crippen LogP contribution in [0.4, 0.5) is 5.69 Å². The lowest BCUT2D eigenvalue weighted by Crippen LogP contribution is -2.56. The maximum Gasteiger partial charge on any atom is 0.238 e. The maximum absolute atomic E-state index is 12.7. The fourth-order valence-corrected chi connectivity index (χ4v) is 4.00. The minimum atomic E-state index is -0.216. The highest BCUT2D eigenvalue weighted by molar-refractivity contribution is 6.09. The molecular formula is C15H19NO. The number of fused-ring (bicyclic) bond motifs is 2. The lowest BCUT2D eigenvalue weighted by Gasteiger charge is -2.50. The van der Waals surface area contributed by atoms with E-state index in [1.54, 1.807) is 0 Å². The zero-order valence-corrected chi connectivity index (χ0v) is 10.7. The van der Waals surface area contributed by atoms with Crippen LogP contribution < -0.4 is 4.90 Å². The number of amides is 1. The Morgan fingerprint density at radius 2 is 1.94 bits per heavy atom. The van der Waals surface area contributed by atoms with Gasteiger partial charge in [-0.2, -0.15) is 0 Å². The van der Waals surface area contributed by atoms with E-state index in [4.69, 9.17) is 0 Å². The molecule has 1 saturated carbocycles. The molecule has 2 unspecified atom stereocenters. The first-order chi connectivity index (χ1) is 8.14. The van der Waals surface area contributed by atoms with E-state index in [9.17, 15) is 4.79 Å². The van der Waals surface area contributed by atoms with Crippen molar-refractivity contribution in [3.63, 3.8) is 0 Å². The summed E-state index contributed by atoms with van der Waals surface area (Å²) in [5, 5.41) is 0. The Hall–Kier alpha value is -1.31. The molecule has 0 aromatic heterocycles. The molecule has 1 spiro atoms. The molecule has 1 fully saturated rings. The van der Waals surface area contributed by atoms with E-state index in [1.165, 1.54) is 5.56 Å². The van der Waals surface area contributed by atoms with Gasteiger partial charge in [0.05, 0.1) is 5.41 Å². The van der Waals surface area contributed by atoms with E-state index in [1.807, 2.05) is 11.0 Å². The van der Waals surface area contributed by atoms with Crippen molar-refractivity contribution in [1.29, 1.82) is 0 Å². The van der Waals surface area contributed by atoms with E-state index >= 15 is 0 Å². The van der Waals surface area contributed by atoms with Gasteiger partial charge in [0.15, 0.2) is 0 Å². The Morgan fingerprint density at radius 3 is 2.53 bits per heavy atom. The average Bonchev–Trinajstić information content (AvgIpc) is 2.59. The second-order valence-electron chi connectivity index (χ2n) is 5.47. The molecule has 0 radical (unpaired) electrons. The van der Waals surface area contributed by atoms with Crippen LogP contribution in [0.25, 0.3) is 0 Å². The van der Waals surface area contributed by atoms with Crippen LogP contribution in [0.5, 0.6) is 0 Å². The molecule has 1 aliphatic heterocycles. The zero-order valence-electron chi connectivity index (χ0n) is 10.7. The number of anilines is 1. The monoisotopic (exact) mass is 229 g/mol. The first kappa shape index (κ1) is 10.8. The highest BCUT2D eigenvalue weighted by atomic mass is 16.2. The number of nitrogens with zero attached hydrogens (tertiary/aromatic N) is 1. The summed E-state index contributed by atoms with van der Waals surface area (Å²) in [7, 11) is 0. The number of benzene rings is 1. The Morgan fingerprint density at radius 1 is 1.29 bits per heavy atom. The van der Waals surface area contributed by atoms with Gasteiger partial charge in [-0.3, -0.25) is 4.79 Å². The van der Waals surface area contributed by atoms with Crippen LogP contribution in [0.3, 0.4) is 0 Å². The van der Waals surface area contributed by atoms with Crippen molar-refractivity contribution in [2.75, 3.05) is 11.4 Å². The Balaban J connectivity index is 2.22. The molecule has 0 saturated heterocycles. The van der Waals surface area contributed by atoms with Gasteiger partial charge < -0.3 is 4.90 Å². The van der Waals surface area contributed by atoms with Crippen molar-refractivity contribution in [2.24, 2.45) is 11.8 Å². The summed E-state index contributed by atoms with van der Waals surface area (Å²) in [5.41, 5.74) is 2.18. The van der Waals surface area contributed by atoms with Crippen LogP contribution in [-0.4, -0.2) is 12.5 Å². The quantitative estimate of drug-likeness (QED) is 0.725. The summed E-state index contributed by atoms with van der Waals surface area (Å²) in [5.74, 6) is 1.28. The lowest BCUT2D eigenvalue weighted by atomic mass is 9.51. The summed E-state index contributed by atoms with van der Waals surface area (Å²) < 4.78 is 0. The molecule has 1 amide bonds. The predicted octanol–water partition coefficient (Wildman–Crippen LogP) is 2.97. The van der Waals surface area contributed by atoms with Crippen molar-refractivity contribution >= 4 is 11.6 Å².